The van der Waals surface area contributed by atoms with Crippen molar-refractivity contribution in [2.75, 3.05) is 6.54 Å². The summed E-state index contributed by atoms with van der Waals surface area (Å²) in [5.41, 5.74) is 7.19. The van der Waals surface area contributed by atoms with E-state index in [0.717, 1.165) is 31.6 Å². The van der Waals surface area contributed by atoms with E-state index >= 15 is 0 Å². The van der Waals surface area contributed by atoms with Crippen molar-refractivity contribution < 1.29 is 0 Å². The molecule has 1 fully saturated rings. The smallest absolute Gasteiger partial charge is 0.188 e. The van der Waals surface area contributed by atoms with Gasteiger partial charge in [-0.3, -0.25) is 4.99 Å². The van der Waals surface area contributed by atoms with E-state index in [0.29, 0.717) is 12.0 Å². The maximum Gasteiger partial charge on any atom is 0.188 e. The molecule has 0 unspecified atom stereocenters. The molecule has 0 bridgehead atoms. The van der Waals surface area contributed by atoms with Crippen molar-refractivity contribution >= 4 is 5.96 Å². The fourth-order valence-electron chi connectivity index (χ4n) is 3.56. The molecule has 122 valence electrons. The van der Waals surface area contributed by atoms with Gasteiger partial charge >= 0.3 is 0 Å². The van der Waals surface area contributed by atoms with E-state index in [1.807, 2.05) is 0 Å². The van der Waals surface area contributed by atoms with E-state index < -0.39 is 0 Å². The molecule has 5 nitrogen and oxygen atoms in total. The Balaban J connectivity index is 1.45. The van der Waals surface area contributed by atoms with Crippen LogP contribution in [0.4, 0.5) is 0 Å². The summed E-state index contributed by atoms with van der Waals surface area (Å²) in [6.45, 7) is 1.85. The van der Waals surface area contributed by atoms with Crippen molar-refractivity contribution in [3.8, 4) is 0 Å². The van der Waals surface area contributed by atoms with Crippen LogP contribution in [0.5, 0.6) is 0 Å². The number of rotatable bonds is 4. The predicted octanol–water partition coefficient (Wildman–Crippen LogP) is 2.39. The van der Waals surface area contributed by atoms with Crippen molar-refractivity contribution in [2.24, 2.45) is 10.7 Å². The zero-order chi connectivity index (χ0) is 15.2. The maximum atomic E-state index is 6.03. The van der Waals surface area contributed by atoms with Gasteiger partial charge in [0, 0.05) is 38.2 Å². The second kappa shape index (κ2) is 7.65. The van der Waals surface area contributed by atoms with Gasteiger partial charge in [0.1, 0.15) is 5.82 Å². The highest BCUT2D eigenvalue weighted by atomic mass is 15.1. The minimum Gasteiger partial charge on any atom is -0.370 e. The normalized spacial score (nSPS) is 20.5. The summed E-state index contributed by atoms with van der Waals surface area (Å²) in [6.07, 6.45) is 14.5. The van der Waals surface area contributed by atoms with E-state index in [1.165, 1.54) is 57.2 Å². The Morgan fingerprint density at radius 3 is 2.82 bits per heavy atom. The molecule has 22 heavy (non-hydrogen) atoms. The van der Waals surface area contributed by atoms with Crippen molar-refractivity contribution in [3.63, 3.8) is 0 Å². The molecular weight excluding hydrogens is 274 g/mol. The van der Waals surface area contributed by atoms with Crippen molar-refractivity contribution in [1.29, 1.82) is 0 Å². The van der Waals surface area contributed by atoms with Gasteiger partial charge < -0.3 is 15.6 Å². The van der Waals surface area contributed by atoms with Gasteiger partial charge in [0.15, 0.2) is 5.96 Å². The molecule has 1 aliphatic heterocycles. The van der Waals surface area contributed by atoms with Gasteiger partial charge in [-0.1, -0.05) is 25.7 Å². The van der Waals surface area contributed by atoms with Crippen LogP contribution in [0.25, 0.3) is 0 Å². The summed E-state index contributed by atoms with van der Waals surface area (Å²) in [7, 11) is 0. The number of aryl methyl sites for hydroxylation is 2. The summed E-state index contributed by atoms with van der Waals surface area (Å²) in [5.74, 6) is 1.85. The lowest BCUT2D eigenvalue weighted by atomic mass is 10.1. The molecule has 0 atom stereocenters. The minimum absolute atomic E-state index is 0.520. The molecule has 1 aromatic rings. The Morgan fingerprint density at radius 1 is 1.23 bits per heavy atom. The second-order valence-electron chi connectivity index (χ2n) is 6.65. The lowest BCUT2D eigenvalue weighted by molar-refractivity contribution is 0.522. The lowest BCUT2D eigenvalue weighted by Crippen LogP contribution is -2.40. The van der Waals surface area contributed by atoms with E-state index in [2.05, 4.69) is 21.1 Å². The SMILES string of the molecule is NC(=NCCc1cn2c(n1)CCCC2)NC1CCCCCC1. The van der Waals surface area contributed by atoms with E-state index in [9.17, 15) is 0 Å². The quantitative estimate of drug-likeness (QED) is 0.510. The Bertz CT molecular complexity index is 474. The van der Waals surface area contributed by atoms with Gasteiger partial charge in [-0.25, -0.2) is 4.98 Å². The van der Waals surface area contributed by atoms with Gasteiger partial charge in [-0.05, 0) is 25.7 Å². The molecule has 0 spiro atoms. The number of hydrogen-bond acceptors (Lipinski definition) is 2. The zero-order valence-corrected chi connectivity index (χ0v) is 13.6. The third-order valence-corrected chi connectivity index (χ3v) is 4.82. The first-order valence-electron chi connectivity index (χ1n) is 8.92. The first-order chi connectivity index (χ1) is 10.8. The minimum atomic E-state index is 0.520. The Morgan fingerprint density at radius 2 is 2.05 bits per heavy atom. The summed E-state index contributed by atoms with van der Waals surface area (Å²) in [5, 5.41) is 3.40. The molecule has 3 rings (SSSR count). The average molecular weight is 303 g/mol. The van der Waals surface area contributed by atoms with Crippen LogP contribution >= 0.6 is 0 Å². The highest BCUT2D eigenvalue weighted by molar-refractivity contribution is 5.78. The second-order valence-corrected chi connectivity index (χ2v) is 6.65. The lowest BCUT2D eigenvalue weighted by Gasteiger charge is -2.16. The summed E-state index contributed by atoms with van der Waals surface area (Å²) >= 11 is 0. The first-order valence-corrected chi connectivity index (χ1v) is 8.92. The van der Waals surface area contributed by atoms with Crippen LogP contribution in [0.2, 0.25) is 0 Å². The Hall–Kier alpha value is -1.52. The highest BCUT2D eigenvalue weighted by Crippen LogP contribution is 2.17. The maximum absolute atomic E-state index is 6.03. The highest BCUT2D eigenvalue weighted by Gasteiger charge is 2.13. The number of nitrogens with two attached hydrogens (primary N) is 1. The molecular formula is C17H29N5. The number of hydrogen-bond donors (Lipinski definition) is 2. The Kier molecular flexibility index (Phi) is 5.35. The number of guanidine groups is 1. The number of fused-ring (bicyclic) bond motifs is 1. The van der Waals surface area contributed by atoms with Crippen molar-refractivity contribution in [2.45, 2.75) is 76.8 Å². The van der Waals surface area contributed by atoms with Crippen LogP contribution in [0, 0.1) is 0 Å². The zero-order valence-electron chi connectivity index (χ0n) is 13.6. The van der Waals surface area contributed by atoms with E-state index in [4.69, 9.17) is 10.7 Å². The fraction of sp³-hybridized carbons (Fsp3) is 0.765. The van der Waals surface area contributed by atoms with E-state index in [1.54, 1.807) is 0 Å². The molecule has 5 heteroatoms. The Labute approximate surface area is 133 Å². The van der Waals surface area contributed by atoms with Gasteiger partial charge in [0.2, 0.25) is 0 Å². The molecule has 0 radical (unpaired) electrons. The predicted molar refractivity (Wildman–Crippen MR) is 90.0 cm³/mol. The first kappa shape index (κ1) is 15.4. The molecule has 1 saturated carbocycles. The number of nitrogens with zero attached hydrogens (tertiary/aromatic N) is 3. The molecule has 2 aliphatic rings. The molecule has 0 amide bonds. The van der Waals surface area contributed by atoms with Crippen LogP contribution < -0.4 is 11.1 Å². The monoisotopic (exact) mass is 303 g/mol. The standard InChI is InChI=1S/C17H29N5/c18-17(21-14-7-3-1-2-4-8-14)19-11-10-15-13-22-12-6-5-9-16(22)20-15/h13-14H,1-12H2,(H3,18,19,21). The molecule has 3 N–H and O–H groups in total. The van der Waals surface area contributed by atoms with Gasteiger partial charge in [0.05, 0.1) is 5.69 Å². The third kappa shape index (κ3) is 4.24. The van der Waals surface area contributed by atoms with Gasteiger partial charge in [-0.15, -0.1) is 0 Å². The van der Waals surface area contributed by atoms with Crippen LogP contribution in [-0.2, 0) is 19.4 Å². The summed E-state index contributed by atoms with van der Waals surface area (Å²) in [6, 6.07) is 0.520. The van der Waals surface area contributed by atoms with Crippen molar-refractivity contribution in [1.82, 2.24) is 14.9 Å². The number of aliphatic imine (C=N–C) groups is 1. The topological polar surface area (TPSA) is 68.2 Å². The van der Waals surface area contributed by atoms with Crippen LogP contribution in [0.15, 0.2) is 11.2 Å². The molecule has 1 aromatic heterocycles. The van der Waals surface area contributed by atoms with E-state index in [-0.39, 0.29) is 0 Å². The molecule has 1 aliphatic carbocycles. The van der Waals surface area contributed by atoms with Crippen LogP contribution in [0.3, 0.4) is 0 Å². The number of imidazole rings is 1. The number of aromatic nitrogens is 2. The molecule has 0 aromatic carbocycles. The molecule has 0 saturated heterocycles. The summed E-state index contributed by atoms with van der Waals surface area (Å²) in [4.78, 5) is 9.19. The largest absolute Gasteiger partial charge is 0.370 e. The van der Waals surface area contributed by atoms with Crippen molar-refractivity contribution in [3.05, 3.63) is 17.7 Å². The van der Waals surface area contributed by atoms with Gasteiger partial charge in [0.25, 0.3) is 0 Å². The fourth-order valence-corrected chi connectivity index (χ4v) is 3.56. The van der Waals surface area contributed by atoms with Crippen LogP contribution in [-0.4, -0.2) is 28.1 Å². The van der Waals surface area contributed by atoms with Gasteiger partial charge in [-0.2, -0.15) is 0 Å². The third-order valence-electron chi connectivity index (χ3n) is 4.82. The summed E-state index contributed by atoms with van der Waals surface area (Å²) < 4.78 is 2.30. The van der Waals surface area contributed by atoms with Crippen LogP contribution in [0.1, 0.15) is 62.9 Å². The number of nitrogens with one attached hydrogen (secondary N) is 1. The average Bonchev–Trinajstić information content (AvgIpc) is 2.75. The molecule has 2 heterocycles.